The number of ether oxygens (including phenoxy) is 1. The van der Waals surface area contributed by atoms with E-state index in [9.17, 15) is 22.8 Å². The van der Waals surface area contributed by atoms with Crippen molar-refractivity contribution >= 4 is 17.6 Å². The van der Waals surface area contributed by atoms with E-state index in [1.165, 1.54) is 17.0 Å². The zero-order valence-corrected chi connectivity index (χ0v) is 22.5. The van der Waals surface area contributed by atoms with Gasteiger partial charge in [0.2, 0.25) is 5.91 Å². The zero-order chi connectivity index (χ0) is 29.0. The second-order valence-electron chi connectivity index (χ2n) is 9.44. The molecule has 40 heavy (non-hydrogen) atoms. The lowest BCUT2D eigenvalue weighted by Gasteiger charge is -2.26. The van der Waals surface area contributed by atoms with Crippen LogP contribution in [0.15, 0.2) is 78.9 Å². The van der Waals surface area contributed by atoms with E-state index in [1.807, 2.05) is 37.3 Å². The van der Waals surface area contributed by atoms with Crippen molar-refractivity contribution in [1.29, 1.82) is 0 Å². The number of anilines is 1. The number of nitrogens with zero attached hydrogens (tertiary/aromatic N) is 3. The Labute approximate surface area is 230 Å². The van der Waals surface area contributed by atoms with Gasteiger partial charge in [-0.25, -0.2) is 4.68 Å². The molecule has 0 aliphatic carbocycles. The highest BCUT2D eigenvalue weighted by molar-refractivity contribution is 6.01. The Kier molecular flexibility index (Phi) is 8.27. The Morgan fingerprint density at radius 2 is 1.68 bits per heavy atom. The molecule has 0 bridgehead atoms. The molecular weight excluding hydrogens is 521 g/mol. The predicted molar refractivity (Wildman–Crippen MR) is 147 cm³/mol. The second-order valence-corrected chi connectivity index (χ2v) is 9.44. The van der Waals surface area contributed by atoms with E-state index in [2.05, 4.69) is 10.4 Å². The van der Waals surface area contributed by atoms with Gasteiger partial charge in [-0.15, -0.1) is 0 Å². The molecule has 0 saturated carbocycles. The number of aryl methyl sites for hydroxylation is 1. The fourth-order valence-corrected chi connectivity index (χ4v) is 4.31. The standard InChI is InChI=1S/C30H29F3N4O3/c1-19(2)36(29(39)22-11-8-12-23(17-22)30(31,32)33)18-26(38)34-28-27(21-9-6-5-7-10-21)20(3)35-37(28)24-13-15-25(40-4)16-14-24/h5-17,19H,18H2,1-4H3,(H,34,38). The average Bonchev–Trinajstić information content (AvgIpc) is 3.26. The van der Waals surface area contributed by atoms with E-state index in [0.717, 1.165) is 17.7 Å². The lowest BCUT2D eigenvalue weighted by Crippen LogP contribution is -2.42. The van der Waals surface area contributed by atoms with Crippen LogP contribution in [0.3, 0.4) is 0 Å². The number of benzene rings is 3. The molecule has 0 radical (unpaired) electrons. The summed E-state index contributed by atoms with van der Waals surface area (Å²) in [5.74, 6) is -0.156. The molecule has 1 aromatic heterocycles. The first-order valence-corrected chi connectivity index (χ1v) is 12.6. The Bertz CT molecular complexity index is 1500. The highest BCUT2D eigenvalue weighted by Crippen LogP contribution is 2.34. The van der Waals surface area contributed by atoms with Gasteiger partial charge in [-0.1, -0.05) is 36.4 Å². The van der Waals surface area contributed by atoms with E-state index < -0.39 is 29.6 Å². The largest absolute Gasteiger partial charge is 0.497 e. The molecule has 1 heterocycles. The zero-order valence-electron chi connectivity index (χ0n) is 22.5. The quantitative estimate of drug-likeness (QED) is 0.277. The average molecular weight is 551 g/mol. The number of methoxy groups -OCH3 is 1. The lowest BCUT2D eigenvalue weighted by atomic mass is 10.1. The second kappa shape index (κ2) is 11.6. The predicted octanol–water partition coefficient (Wildman–Crippen LogP) is 6.36. The summed E-state index contributed by atoms with van der Waals surface area (Å²) < 4.78 is 46.6. The van der Waals surface area contributed by atoms with Gasteiger partial charge < -0.3 is 15.0 Å². The smallest absolute Gasteiger partial charge is 0.416 e. The third-order valence-corrected chi connectivity index (χ3v) is 6.33. The molecule has 1 N–H and O–H groups in total. The molecule has 0 fully saturated rings. The molecule has 0 saturated heterocycles. The molecule has 0 atom stereocenters. The minimum absolute atomic E-state index is 0.152. The van der Waals surface area contributed by atoms with Crippen molar-refractivity contribution in [3.05, 3.63) is 95.7 Å². The van der Waals surface area contributed by atoms with Crippen LogP contribution in [0.25, 0.3) is 16.8 Å². The Morgan fingerprint density at radius 3 is 2.27 bits per heavy atom. The minimum Gasteiger partial charge on any atom is -0.497 e. The van der Waals surface area contributed by atoms with Gasteiger partial charge in [0.25, 0.3) is 5.91 Å². The van der Waals surface area contributed by atoms with E-state index in [1.54, 1.807) is 49.9 Å². The Hall–Kier alpha value is -4.60. The highest BCUT2D eigenvalue weighted by atomic mass is 19.4. The van der Waals surface area contributed by atoms with E-state index in [0.29, 0.717) is 28.5 Å². The molecule has 10 heteroatoms. The van der Waals surface area contributed by atoms with Crippen LogP contribution in [-0.4, -0.2) is 46.2 Å². The van der Waals surface area contributed by atoms with Gasteiger partial charge in [-0.05, 0) is 68.8 Å². The number of nitrogens with one attached hydrogen (secondary N) is 1. The molecule has 4 rings (SSSR count). The van der Waals surface area contributed by atoms with Crippen molar-refractivity contribution in [2.45, 2.75) is 33.0 Å². The first-order valence-electron chi connectivity index (χ1n) is 12.6. The molecule has 4 aromatic rings. The van der Waals surface area contributed by atoms with Crippen molar-refractivity contribution in [2.75, 3.05) is 19.0 Å². The highest BCUT2D eigenvalue weighted by Gasteiger charge is 2.32. The van der Waals surface area contributed by atoms with Crippen LogP contribution in [0.2, 0.25) is 0 Å². The minimum atomic E-state index is -4.60. The third-order valence-electron chi connectivity index (χ3n) is 6.33. The number of carbonyl (C=O) groups excluding carboxylic acids is 2. The SMILES string of the molecule is COc1ccc(-n2nc(C)c(-c3ccccc3)c2NC(=O)CN(C(=O)c2cccc(C(F)(F)F)c2)C(C)C)cc1. The molecule has 0 spiro atoms. The molecule has 0 unspecified atom stereocenters. The summed E-state index contributed by atoms with van der Waals surface area (Å²) in [7, 11) is 1.56. The molecule has 2 amide bonds. The number of halogens is 3. The number of alkyl halides is 3. The molecule has 0 aliphatic rings. The van der Waals surface area contributed by atoms with Gasteiger partial charge in [0.1, 0.15) is 18.1 Å². The number of hydrogen-bond donors (Lipinski definition) is 1. The first-order chi connectivity index (χ1) is 19.0. The molecule has 7 nitrogen and oxygen atoms in total. The van der Waals surface area contributed by atoms with Crippen LogP contribution < -0.4 is 10.1 Å². The topological polar surface area (TPSA) is 76.5 Å². The van der Waals surface area contributed by atoms with Crippen LogP contribution in [-0.2, 0) is 11.0 Å². The van der Waals surface area contributed by atoms with Crippen LogP contribution in [0, 0.1) is 6.92 Å². The normalized spacial score (nSPS) is 11.4. The van der Waals surface area contributed by atoms with Crippen molar-refractivity contribution < 1.29 is 27.5 Å². The molecule has 208 valence electrons. The summed E-state index contributed by atoms with van der Waals surface area (Å²) in [5.41, 5.74) is 1.78. The van der Waals surface area contributed by atoms with Gasteiger partial charge in [-0.3, -0.25) is 9.59 Å². The number of amides is 2. The van der Waals surface area contributed by atoms with Crippen LogP contribution in [0.4, 0.5) is 19.0 Å². The molecular formula is C30H29F3N4O3. The van der Waals surface area contributed by atoms with E-state index in [-0.39, 0.29) is 12.1 Å². The Morgan fingerprint density at radius 1 is 1.00 bits per heavy atom. The van der Waals surface area contributed by atoms with Gasteiger partial charge in [0.15, 0.2) is 0 Å². The summed E-state index contributed by atoms with van der Waals surface area (Å²) in [4.78, 5) is 27.9. The first kappa shape index (κ1) is 28.4. The van der Waals surface area contributed by atoms with Gasteiger partial charge in [0.05, 0.1) is 24.1 Å². The van der Waals surface area contributed by atoms with Crippen molar-refractivity contribution in [3.8, 4) is 22.6 Å². The van der Waals surface area contributed by atoms with Gasteiger partial charge in [-0.2, -0.15) is 18.3 Å². The summed E-state index contributed by atoms with van der Waals surface area (Å²) in [5, 5.41) is 7.58. The van der Waals surface area contributed by atoms with Gasteiger partial charge in [0, 0.05) is 17.2 Å². The summed E-state index contributed by atoms with van der Waals surface area (Å²) in [6.07, 6.45) is -4.60. The molecule has 3 aromatic carbocycles. The number of rotatable bonds is 8. The van der Waals surface area contributed by atoms with E-state index >= 15 is 0 Å². The summed E-state index contributed by atoms with van der Waals surface area (Å²) in [6, 6.07) is 20.3. The van der Waals surface area contributed by atoms with E-state index in [4.69, 9.17) is 4.74 Å². The van der Waals surface area contributed by atoms with Gasteiger partial charge >= 0.3 is 6.18 Å². The summed E-state index contributed by atoms with van der Waals surface area (Å²) >= 11 is 0. The lowest BCUT2D eigenvalue weighted by molar-refractivity contribution is -0.137. The van der Waals surface area contributed by atoms with Crippen LogP contribution >= 0.6 is 0 Å². The third kappa shape index (κ3) is 6.17. The number of carbonyl (C=O) groups is 2. The molecule has 0 aliphatic heterocycles. The number of aromatic nitrogens is 2. The monoisotopic (exact) mass is 550 g/mol. The fourth-order valence-electron chi connectivity index (χ4n) is 4.31. The van der Waals surface area contributed by atoms with Crippen molar-refractivity contribution in [1.82, 2.24) is 14.7 Å². The van der Waals surface area contributed by atoms with Crippen LogP contribution in [0.1, 0.15) is 35.5 Å². The maximum Gasteiger partial charge on any atom is 0.416 e. The van der Waals surface area contributed by atoms with Crippen molar-refractivity contribution in [2.24, 2.45) is 0 Å². The Balaban J connectivity index is 1.68. The fraction of sp³-hybridized carbons (Fsp3) is 0.233. The maximum atomic E-state index is 13.4. The van der Waals surface area contributed by atoms with Crippen molar-refractivity contribution in [3.63, 3.8) is 0 Å². The maximum absolute atomic E-state index is 13.4. The van der Waals surface area contributed by atoms with Crippen LogP contribution in [0.5, 0.6) is 5.75 Å². The summed E-state index contributed by atoms with van der Waals surface area (Å²) in [6.45, 7) is 4.84. The number of hydrogen-bond acceptors (Lipinski definition) is 4.